The third kappa shape index (κ3) is 3.58. The molecule has 4 nitrogen and oxygen atoms in total. The normalized spacial score (nSPS) is 10.9. The molecule has 0 unspecified atom stereocenters. The average molecular weight is 301 g/mol. The Hall–Kier alpha value is -2.40. The SMILES string of the molecule is C=C(C(=O)NS(=O)(=O)c1ccc(C)cc1)c1ccccc1. The van der Waals surface area contributed by atoms with Crippen molar-refractivity contribution in [3.05, 3.63) is 72.3 Å². The summed E-state index contributed by atoms with van der Waals surface area (Å²) in [5.41, 5.74) is 1.62. The van der Waals surface area contributed by atoms with E-state index in [1.807, 2.05) is 11.6 Å². The molecular weight excluding hydrogens is 286 g/mol. The first-order valence-corrected chi connectivity index (χ1v) is 7.76. The van der Waals surface area contributed by atoms with Crippen molar-refractivity contribution in [3.63, 3.8) is 0 Å². The van der Waals surface area contributed by atoms with Gasteiger partial charge in [0.05, 0.1) is 4.90 Å². The quantitative estimate of drug-likeness (QED) is 0.883. The van der Waals surface area contributed by atoms with Crippen LogP contribution in [0.5, 0.6) is 0 Å². The number of carbonyl (C=O) groups is 1. The Morgan fingerprint density at radius 3 is 2.14 bits per heavy atom. The van der Waals surface area contributed by atoms with Crippen LogP contribution in [0.1, 0.15) is 11.1 Å². The van der Waals surface area contributed by atoms with E-state index in [0.29, 0.717) is 5.56 Å². The highest BCUT2D eigenvalue weighted by atomic mass is 32.2. The van der Waals surface area contributed by atoms with Gasteiger partial charge in [0.2, 0.25) is 0 Å². The lowest BCUT2D eigenvalue weighted by atomic mass is 10.1. The fourth-order valence-electron chi connectivity index (χ4n) is 1.73. The van der Waals surface area contributed by atoms with E-state index in [-0.39, 0.29) is 10.5 Å². The Kier molecular flexibility index (Phi) is 4.23. The van der Waals surface area contributed by atoms with Crippen LogP contribution in [0.15, 0.2) is 66.1 Å². The van der Waals surface area contributed by atoms with Gasteiger partial charge in [-0.15, -0.1) is 0 Å². The first-order valence-electron chi connectivity index (χ1n) is 6.28. The highest BCUT2D eigenvalue weighted by Crippen LogP contribution is 2.14. The zero-order chi connectivity index (χ0) is 15.5. The van der Waals surface area contributed by atoms with E-state index >= 15 is 0 Å². The molecule has 108 valence electrons. The van der Waals surface area contributed by atoms with E-state index < -0.39 is 15.9 Å². The summed E-state index contributed by atoms with van der Waals surface area (Å²) in [5.74, 6) is -0.734. The lowest BCUT2D eigenvalue weighted by molar-refractivity contribution is -0.114. The molecule has 0 aliphatic heterocycles. The smallest absolute Gasteiger partial charge is 0.265 e. The van der Waals surface area contributed by atoms with Gasteiger partial charge in [0.1, 0.15) is 0 Å². The van der Waals surface area contributed by atoms with Crippen LogP contribution in [0.4, 0.5) is 0 Å². The summed E-state index contributed by atoms with van der Waals surface area (Å²) < 4.78 is 26.3. The van der Waals surface area contributed by atoms with Crippen LogP contribution >= 0.6 is 0 Å². The lowest BCUT2D eigenvalue weighted by Crippen LogP contribution is -2.31. The summed E-state index contributed by atoms with van der Waals surface area (Å²) in [7, 11) is -3.89. The molecule has 0 radical (unpaired) electrons. The fraction of sp³-hybridized carbons (Fsp3) is 0.0625. The topological polar surface area (TPSA) is 63.2 Å². The number of nitrogens with one attached hydrogen (secondary N) is 1. The summed E-state index contributed by atoms with van der Waals surface area (Å²) in [5, 5.41) is 0. The summed E-state index contributed by atoms with van der Waals surface area (Å²) in [6.07, 6.45) is 0. The van der Waals surface area contributed by atoms with E-state index in [0.717, 1.165) is 5.56 Å². The van der Waals surface area contributed by atoms with Gasteiger partial charge < -0.3 is 0 Å². The van der Waals surface area contributed by atoms with Crippen LogP contribution in [-0.4, -0.2) is 14.3 Å². The van der Waals surface area contributed by atoms with Gasteiger partial charge in [-0.05, 0) is 24.6 Å². The highest BCUT2D eigenvalue weighted by Gasteiger charge is 2.19. The zero-order valence-electron chi connectivity index (χ0n) is 11.5. The van der Waals surface area contributed by atoms with Gasteiger partial charge in [-0.25, -0.2) is 13.1 Å². The van der Waals surface area contributed by atoms with Crippen molar-refractivity contribution in [3.8, 4) is 0 Å². The van der Waals surface area contributed by atoms with Gasteiger partial charge in [-0.3, -0.25) is 4.79 Å². The van der Waals surface area contributed by atoms with Crippen LogP contribution in [-0.2, 0) is 14.8 Å². The van der Waals surface area contributed by atoms with E-state index in [1.165, 1.54) is 12.1 Å². The van der Waals surface area contributed by atoms with E-state index in [4.69, 9.17) is 0 Å². The number of rotatable bonds is 4. The number of aryl methyl sites for hydroxylation is 1. The van der Waals surface area contributed by atoms with Crippen molar-refractivity contribution < 1.29 is 13.2 Å². The lowest BCUT2D eigenvalue weighted by Gasteiger charge is -2.09. The van der Waals surface area contributed by atoms with Crippen molar-refractivity contribution in [2.24, 2.45) is 0 Å². The summed E-state index contributed by atoms with van der Waals surface area (Å²) in [4.78, 5) is 12.1. The number of hydrogen-bond acceptors (Lipinski definition) is 3. The van der Waals surface area contributed by atoms with Crippen molar-refractivity contribution in [1.82, 2.24) is 4.72 Å². The van der Waals surface area contributed by atoms with E-state index in [2.05, 4.69) is 6.58 Å². The predicted molar refractivity (Wildman–Crippen MR) is 82.0 cm³/mol. The number of sulfonamides is 1. The summed E-state index contributed by atoms with van der Waals surface area (Å²) in [6.45, 7) is 5.49. The number of hydrogen-bond donors (Lipinski definition) is 1. The molecule has 0 heterocycles. The van der Waals surface area contributed by atoms with Gasteiger partial charge in [-0.2, -0.15) is 0 Å². The molecule has 1 N–H and O–H groups in total. The molecule has 0 saturated carbocycles. The van der Waals surface area contributed by atoms with Crippen molar-refractivity contribution in [1.29, 1.82) is 0 Å². The Bertz CT molecular complexity index is 763. The minimum Gasteiger partial charge on any atom is -0.268 e. The van der Waals surface area contributed by atoms with Gasteiger partial charge >= 0.3 is 0 Å². The zero-order valence-corrected chi connectivity index (χ0v) is 12.4. The third-order valence-electron chi connectivity index (χ3n) is 2.95. The number of benzene rings is 2. The maximum Gasteiger partial charge on any atom is 0.265 e. The standard InChI is InChI=1S/C16H15NO3S/c1-12-8-10-15(11-9-12)21(19,20)17-16(18)13(2)14-6-4-3-5-7-14/h3-11H,2H2,1H3,(H,17,18). The Morgan fingerprint density at radius 2 is 1.57 bits per heavy atom. The molecule has 2 rings (SSSR count). The van der Waals surface area contributed by atoms with Crippen LogP contribution < -0.4 is 4.72 Å². The minimum absolute atomic E-state index is 0.0438. The van der Waals surface area contributed by atoms with Crippen LogP contribution in [0.2, 0.25) is 0 Å². The van der Waals surface area contributed by atoms with Gasteiger partial charge in [0.15, 0.2) is 0 Å². The van der Waals surface area contributed by atoms with E-state index in [1.54, 1.807) is 42.5 Å². The Balaban J connectivity index is 2.19. The molecule has 0 spiro atoms. The van der Waals surface area contributed by atoms with Crippen LogP contribution in [0.3, 0.4) is 0 Å². The molecule has 0 saturated heterocycles. The third-order valence-corrected chi connectivity index (χ3v) is 4.30. The highest BCUT2D eigenvalue weighted by molar-refractivity contribution is 7.90. The molecule has 2 aromatic rings. The first kappa shape index (κ1) is 15.0. The molecule has 21 heavy (non-hydrogen) atoms. The molecule has 2 aromatic carbocycles. The van der Waals surface area contributed by atoms with Crippen LogP contribution in [0, 0.1) is 6.92 Å². The first-order chi connectivity index (χ1) is 9.90. The van der Waals surface area contributed by atoms with Crippen molar-refractivity contribution in [2.75, 3.05) is 0 Å². The second-order valence-electron chi connectivity index (χ2n) is 4.59. The number of carbonyl (C=O) groups excluding carboxylic acids is 1. The summed E-state index contributed by atoms with van der Waals surface area (Å²) >= 11 is 0. The molecule has 0 aliphatic carbocycles. The van der Waals surface area contributed by atoms with Crippen LogP contribution in [0.25, 0.3) is 5.57 Å². The van der Waals surface area contributed by atoms with Crippen molar-refractivity contribution >= 4 is 21.5 Å². The second kappa shape index (κ2) is 5.93. The monoisotopic (exact) mass is 301 g/mol. The Labute approximate surface area is 124 Å². The predicted octanol–water partition coefficient (Wildman–Crippen LogP) is 2.51. The number of amides is 1. The fourth-order valence-corrected chi connectivity index (χ4v) is 2.71. The van der Waals surface area contributed by atoms with Gasteiger partial charge in [0, 0.05) is 5.57 Å². The molecular formula is C16H15NO3S. The molecule has 0 aromatic heterocycles. The second-order valence-corrected chi connectivity index (χ2v) is 6.27. The maximum atomic E-state index is 12.1. The summed E-state index contributed by atoms with van der Waals surface area (Å²) in [6, 6.07) is 15.0. The molecule has 0 bridgehead atoms. The minimum atomic E-state index is -3.89. The van der Waals surface area contributed by atoms with Gasteiger partial charge in [-0.1, -0.05) is 54.6 Å². The molecule has 0 atom stereocenters. The largest absolute Gasteiger partial charge is 0.268 e. The molecule has 1 amide bonds. The molecule has 0 aliphatic rings. The van der Waals surface area contributed by atoms with Crippen molar-refractivity contribution in [2.45, 2.75) is 11.8 Å². The molecule has 5 heteroatoms. The average Bonchev–Trinajstić information content (AvgIpc) is 2.47. The Morgan fingerprint density at radius 1 is 1.00 bits per heavy atom. The van der Waals surface area contributed by atoms with Gasteiger partial charge in [0.25, 0.3) is 15.9 Å². The maximum absolute atomic E-state index is 12.1. The van der Waals surface area contributed by atoms with E-state index in [9.17, 15) is 13.2 Å². The molecule has 0 fully saturated rings.